The van der Waals surface area contributed by atoms with Gasteiger partial charge in [0, 0.05) is 0 Å². The molecule has 1 aromatic rings. The zero-order chi connectivity index (χ0) is 13.0. The predicted octanol–water partition coefficient (Wildman–Crippen LogP) is 0.988. The molecule has 1 atom stereocenters. The minimum absolute atomic E-state index is 0.377. The third-order valence-electron chi connectivity index (χ3n) is 2.40. The summed E-state index contributed by atoms with van der Waals surface area (Å²) in [6.45, 7) is 1.69. The van der Waals surface area contributed by atoms with Crippen LogP contribution in [0.25, 0.3) is 0 Å². The summed E-state index contributed by atoms with van der Waals surface area (Å²) in [5.41, 5.74) is 1.40. The van der Waals surface area contributed by atoms with Crippen LogP contribution in [0.3, 0.4) is 0 Å². The van der Waals surface area contributed by atoms with Gasteiger partial charge in [0.15, 0.2) is 6.10 Å². The van der Waals surface area contributed by atoms with Crippen LogP contribution in [0.4, 0.5) is 0 Å². The van der Waals surface area contributed by atoms with Gasteiger partial charge in [-0.25, -0.2) is 9.59 Å². The minimum Gasteiger partial charge on any atom is -0.467 e. The van der Waals surface area contributed by atoms with Crippen LogP contribution in [0, 0.1) is 6.92 Å². The second-order valence-corrected chi connectivity index (χ2v) is 3.49. The lowest BCUT2D eigenvalue weighted by Gasteiger charge is -2.11. The van der Waals surface area contributed by atoms with Gasteiger partial charge in [-0.15, -0.1) is 0 Å². The zero-order valence-corrected chi connectivity index (χ0v) is 9.89. The molecule has 5 heteroatoms. The number of benzene rings is 1. The molecule has 0 spiro atoms. The molecule has 0 saturated carbocycles. The van der Waals surface area contributed by atoms with Gasteiger partial charge < -0.3 is 14.6 Å². The lowest BCUT2D eigenvalue weighted by atomic mass is 10.0. The zero-order valence-electron chi connectivity index (χ0n) is 9.89. The number of aryl methyl sites for hydroxylation is 1. The van der Waals surface area contributed by atoms with Gasteiger partial charge in [-0.1, -0.05) is 12.1 Å². The summed E-state index contributed by atoms with van der Waals surface area (Å²) in [6.07, 6.45) is -1.34. The quantitative estimate of drug-likeness (QED) is 0.795. The van der Waals surface area contributed by atoms with Gasteiger partial charge in [0.05, 0.1) is 19.8 Å². The Morgan fingerprint density at radius 2 is 1.88 bits per heavy atom. The molecule has 1 unspecified atom stereocenters. The molecule has 0 aliphatic heterocycles. The van der Waals surface area contributed by atoms with Crippen molar-refractivity contribution in [3.63, 3.8) is 0 Å². The van der Waals surface area contributed by atoms with E-state index in [0.29, 0.717) is 16.7 Å². The molecule has 92 valence electrons. The molecule has 5 nitrogen and oxygen atoms in total. The Morgan fingerprint density at radius 1 is 1.24 bits per heavy atom. The smallest absolute Gasteiger partial charge is 0.339 e. The molecule has 17 heavy (non-hydrogen) atoms. The largest absolute Gasteiger partial charge is 0.467 e. The molecule has 1 N–H and O–H groups in total. The number of methoxy groups -OCH3 is 2. The van der Waals surface area contributed by atoms with Gasteiger partial charge in [-0.05, 0) is 24.1 Å². The van der Waals surface area contributed by atoms with E-state index >= 15 is 0 Å². The summed E-state index contributed by atoms with van der Waals surface area (Å²) in [5, 5.41) is 9.61. The maximum Gasteiger partial charge on any atom is 0.339 e. The number of hydrogen-bond acceptors (Lipinski definition) is 5. The molecule has 1 rings (SSSR count). The van der Waals surface area contributed by atoms with E-state index in [-0.39, 0.29) is 0 Å². The topological polar surface area (TPSA) is 72.8 Å². The van der Waals surface area contributed by atoms with Gasteiger partial charge in [-0.3, -0.25) is 0 Å². The number of carbonyl (C=O) groups excluding carboxylic acids is 2. The van der Waals surface area contributed by atoms with Crippen LogP contribution in [0.2, 0.25) is 0 Å². The molecule has 0 saturated heterocycles. The van der Waals surface area contributed by atoms with Crippen LogP contribution in [0.1, 0.15) is 27.6 Å². The lowest BCUT2D eigenvalue weighted by Crippen LogP contribution is -2.14. The van der Waals surface area contributed by atoms with Crippen molar-refractivity contribution in [2.75, 3.05) is 14.2 Å². The number of aliphatic hydroxyl groups excluding tert-OH is 1. The van der Waals surface area contributed by atoms with Gasteiger partial charge in [0.2, 0.25) is 0 Å². The lowest BCUT2D eigenvalue weighted by molar-refractivity contribution is -0.150. The summed E-state index contributed by atoms with van der Waals surface area (Å²) in [4.78, 5) is 22.5. The molecular formula is C12H14O5. The van der Waals surface area contributed by atoms with Crippen LogP contribution >= 0.6 is 0 Å². The first-order valence-corrected chi connectivity index (χ1v) is 4.96. The van der Waals surface area contributed by atoms with Crippen molar-refractivity contribution < 1.29 is 24.2 Å². The highest BCUT2D eigenvalue weighted by Crippen LogP contribution is 2.19. The van der Waals surface area contributed by atoms with E-state index in [1.54, 1.807) is 13.0 Å². The highest BCUT2D eigenvalue weighted by Gasteiger charge is 2.19. The van der Waals surface area contributed by atoms with E-state index in [9.17, 15) is 14.7 Å². The average molecular weight is 238 g/mol. The summed E-state index contributed by atoms with van der Waals surface area (Å²) < 4.78 is 9.02. The Labute approximate surface area is 99.0 Å². The van der Waals surface area contributed by atoms with E-state index in [1.165, 1.54) is 26.4 Å². The fraction of sp³-hybridized carbons (Fsp3) is 0.333. The summed E-state index contributed by atoms with van der Waals surface area (Å²) in [5.74, 6) is -1.20. The molecule has 0 aliphatic carbocycles. The first kappa shape index (κ1) is 13.2. The summed E-state index contributed by atoms with van der Waals surface area (Å²) >= 11 is 0. The first-order chi connectivity index (χ1) is 8.01. The number of ether oxygens (including phenoxy) is 2. The van der Waals surface area contributed by atoms with Crippen molar-refractivity contribution in [3.8, 4) is 0 Å². The number of carbonyl (C=O) groups is 2. The first-order valence-electron chi connectivity index (χ1n) is 4.96. The molecule has 0 amide bonds. The molecule has 0 bridgehead atoms. The van der Waals surface area contributed by atoms with Gasteiger partial charge in [0.25, 0.3) is 0 Å². The predicted molar refractivity (Wildman–Crippen MR) is 59.5 cm³/mol. The van der Waals surface area contributed by atoms with Crippen molar-refractivity contribution >= 4 is 11.9 Å². The van der Waals surface area contributed by atoms with E-state index in [2.05, 4.69) is 9.47 Å². The Morgan fingerprint density at radius 3 is 2.35 bits per heavy atom. The highest BCUT2D eigenvalue weighted by molar-refractivity contribution is 5.91. The second kappa shape index (κ2) is 5.45. The Hall–Kier alpha value is -1.88. The molecular weight excluding hydrogens is 224 g/mol. The SMILES string of the molecule is COC(=O)c1ccc(C(O)C(=O)OC)cc1C. The van der Waals surface area contributed by atoms with Crippen molar-refractivity contribution in [1.29, 1.82) is 0 Å². The molecule has 0 fully saturated rings. The summed E-state index contributed by atoms with van der Waals surface area (Å²) in [7, 11) is 2.49. The average Bonchev–Trinajstić information content (AvgIpc) is 2.35. The second-order valence-electron chi connectivity index (χ2n) is 3.49. The third kappa shape index (κ3) is 2.82. The Bertz CT molecular complexity index is 439. The van der Waals surface area contributed by atoms with Crippen LogP contribution < -0.4 is 0 Å². The number of esters is 2. The number of aliphatic hydroxyl groups is 1. The normalized spacial score (nSPS) is 11.8. The fourth-order valence-corrected chi connectivity index (χ4v) is 1.44. The van der Waals surface area contributed by atoms with Crippen molar-refractivity contribution in [2.45, 2.75) is 13.0 Å². The monoisotopic (exact) mass is 238 g/mol. The molecule has 0 radical (unpaired) electrons. The fourth-order valence-electron chi connectivity index (χ4n) is 1.44. The maximum atomic E-state index is 11.3. The van der Waals surface area contributed by atoms with E-state index in [1.807, 2.05) is 0 Å². The van der Waals surface area contributed by atoms with Crippen molar-refractivity contribution in [2.24, 2.45) is 0 Å². The molecule has 0 aromatic heterocycles. The standard InChI is InChI=1S/C12H14O5/c1-7-6-8(10(13)12(15)17-3)4-5-9(7)11(14)16-2/h4-6,10,13H,1-3H3. The Balaban J connectivity index is 3.04. The van der Waals surface area contributed by atoms with E-state index in [4.69, 9.17) is 0 Å². The van der Waals surface area contributed by atoms with Crippen LogP contribution in [-0.4, -0.2) is 31.3 Å². The van der Waals surface area contributed by atoms with Gasteiger partial charge >= 0.3 is 11.9 Å². The molecule has 0 aliphatic rings. The number of hydrogen-bond donors (Lipinski definition) is 1. The summed E-state index contributed by atoms with van der Waals surface area (Å²) in [6, 6.07) is 4.54. The minimum atomic E-state index is -1.34. The Kier molecular flexibility index (Phi) is 4.23. The van der Waals surface area contributed by atoms with Crippen molar-refractivity contribution in [3.05, 3.63) is 34.9 Å². The van der Waals surface area contributed by atoms with E-state index in [0.717, 1.165) is 0 Å². The maximum absolute atomic E-state index is 11.3. The van der Waals surface area contributed by atoms with Gasteiger partial charge in [0.1, 0.15) is 0 Å². The molecule has 0 heterocycles. The number of rotatable bonds is 3. The van der Waals surface area contributed by atoms with Crippen molar-refractivity contribution in [1.82, 2.24) is 0 Å². The molecule has 1 aromatic carbocycles. The highest BCUT2D eigenvalue weighted by atomic mass is 16.5. The third-order valence-corrected chi connectivity index (χ3v) is 2.40. The van der Waals surface area contributed by atoms with Crippen LogP contribution in [0.5, 0.6) is 0 Å². The van der Waals surface area contributed by atoms with E-state index < -0.39 is 18.0 Å². The van der Waals surface area contributed by atoms with Crippen LogP contribution in [0.15, 0.2) is 18.2 Å². The van der Waals surface area contributed by atoms with Gasteiger partial charge in [-0.2, -0.15) is 0 Å². The van der Waals surface area contributed by atoms with Crippen LogP contribution in [-0.2, 0) is 14.3 Å².